The van der Waals surface area contributed by atoms with Crippen LogP contribution in [0.1, 0.15) is 51.8 Å². The van der Waals surface area contributed by atoms with Crippen molar-refractivity contribution in [1.29, 1.82) is 5.26 Å². The van der Waals surface area contributed by atoms with Gasteiger partial charge in [0.15, 0.2) is 0 Å². The van der Waals surface area contributed by atoms with Crippen molar-refractivity contribution in [2.45, 2.75) is 33.2 Å². The molecule has 0 N–H and O–H groups in total. The van der Waals surface area contributed by atoms with E-state index in [4.69, 9.17) is 4.98 Å². The van der Waals surface area contributed by atoms with Crippen molar-refractivity contribution in [3.63, 3.8) is 0 Å². The molecule has 1 aliphatic rings. The van der Waals surface area contributed by atoms with Gasteiger partial charge in [-0.3, -0.25) is 4.79 Å². The first kappa shape index (κ1) is 20.0. The summed E-state index contributed by atoms with van der Waals surface area (Å²) < 4.78 is 2.30. The highest BCUT2D eigenvalue weighted by molar-refractivity contribution is 6.25. The molecule has 0 fully saturated rings. The van der Waals surface area contributed by atoms with Gasteiger partial charge in [0.2, 0.25) is 5.78 Å². The number of fused-ring (bicyclic) bond motifs is 2. The molecule has 156 valence electrons. The maximum absolute atomic E-state index is 12.7. The molecule has 0 aliphatic heterocycles. The van der Waals surface area contributed by atoms with E-state index in [9.17, 15) is 10.1 Å². The van der Waals surface area contributed by atoms with Crippen molar-refractivity contribution < 1.29 is 4.79 Å². The second-order valence-corrected chi connectivity index (χ2v) is 8.24. The number of benzene rings is 3. The van der Waals surface area contributed by atoms with Crippen LogP contribution in [0.5, 0.6) is 0 Å². The van der Waals surface area contributed by atoms with Crippen LogP contribution in [0.2, 0.25) is 0 Å². The maximum atomic E-state index is 12.7. The predicted octanol–water partition coefficient (Wildman–Crippen LogP) is 5.87. The number of hydrogen-bond acceptors (Lipinski definition) is 3. The standard InChI is InChI=1S/C28H23N3O/c1-3-7-25-30-27-18(2)8-6-11-24(27)31(25)17-19-12-14-20(15-13-19)26-21-9-4-5-10-22(21)28(32)23(26)16-29/h4-6,8-15H,3,7,17H2,1-2H3. The third kappa shape index (κ3) is 3.14. The molecule has 0 saturated carbocycles. The highest BCUT2D eigenvalue weighted by Gasteiger charge is 2.30. The van der Waals surface area contributed by atoms with Gasteiger partial charge in [0.1, 0.15) is 17.5 Å². The number of allylic oxidation sites excluding steroid dienone is 1. The van der Waals surface area contributed by atoms with E-state index in [1.54, 1.807) is 6.07 Å². The van der Waals surface area contributed by atoms with Crippen LogP contribution >= 0.6 is 0 Å². The molecule has 0 bridgehead atoms. The number of aryl methyl sites for hydroxylation is 2. The predicted molar refractivity (Wildman–Crippen MR) is 126 cm³/mol. The third-order valence-corrected chi connectivity index (χ3v) is 6.15. The van der Waals surface area contributed by atoms with Gasteiger partial charge in [0.25, 0.3) is 0 Å². The van der Waals surface area contributed by atoms with Gasteiger partial charge in [-0.15, -0.1) is 0 Å². The van der Waals surface area contributed by atoms with Crippen molar-refractivity contribution in [2.24, 2.45) is 0 Å². The summed E-state index contributed by atoms with van der Waals surface area (Å²) in [7, 11) is 0. The van der Waals surface area contributed by atoms with Crippen LogP contribution in [0.15, 0.2) is 72.3 Å². The van der Waals surface area contributed by atoms with Gasteiger partial charge in [-0.25, -0.2) is 4.98 Å². The van der Waals surface area contributed by atoms with Crippen LogP contribution < -0.4 is 0 Å². The minimum atomic E-state index is -0.188. The van der Waals surface area contributed by atoms with E-state index >= 15 is 0 Å². The monoisotopic (exact) mass is 417 g/mol. The summed E-state index contributed by atoms with van der Waals surface area (Å²) in [6.45, 7) is 5.01. The first-order valence-electron chi connectivity index (χ1n) is 10.9. The Bertz CT molecular complexity index is 1430. The molecule has 0 unspecified atom stereocenters. The van der Waals surface area contributed by atoms with E-state index in [1.807, 2.05) is 30.3 Å². The smallest absolute Gasteiger partial charge is 0.204 e. The molecular formula is C28H23N3O. The Hall–Kier alpha value is -3.97. The lowest BCUT2D eigenvalue weighted by atomic mass is 9.97. The number of nitrogens with zero attached hydrogens (tertiary/aromatic N) is 3. The van der Waals surface area contributed by atoms with Crippen LogP contribution in [0, 0.1) is 18.3 Å². The van der Waals surface area contributed by atoms with Crippen LogP contribution in [-0.4, -0.2) is 15.3 Å². The summed E-state index contributed by atoms with van der Waals surface area (Å²) in [4.78, 5) is 17.6. The van der Waals surface area contributed by atoms with Crippen LogP contribution in [0.4, 0.5) is 0 Å². The third-order valence-electron chi connectivity index (χ3n) is 6.15. The highest BCUT2D eigenvalue weighted by atomic mass is 16.1. The molecule has 3 aromatic carbocycles. The Kier molecular flexibility index (Phi) is 4.95. The van der Waals surface area contributed by atoms with E-state index in [0.29, 0.717) is 5.56 Å². The SMILES string of the molecule is CCCc1nc2c(C)cccc2n1Cc1ccc(C2=C(C#N)C(=O)c3ccccc32)cc1. The van der Waals surface area contributed by atoms with E-state index in [1.165, 1.54) is 5.56 Å². The lowest BCUT2D eigenvalue weighted by Gasteiger charge is -2.11. The topological polar surface area (TPSA) is 58.7 Å². The van der Waals surface area contributed by atoms with Crippen LogP contribution in [0.25, 0.3) is 16.6 Å². The zero-order chi connectivity index (χ0) is 22.2. The van der Waals surface area contributed by atoms with Gasteiger partial charge in [-0.05, 0) is 41.7 Å². The molecule has 1 heterocycles. The van der Waals surface area contributed by atoms with Gasteiger partial charge in [-0.1, -0.05) is 67.6 Å². The summed E-state index contributed by atoms with van der Waals surface area (Å²) >= 11 is 0. The van der Waals surface area contributed by atoms with Crippen molar-refractivity contribution in [3.05, 3.63) is 106 Å². The highest BCUT2D eigenvalue weighted by Crippen LogP contribution is 2.37. The van der Waals surface area contributed by atoms with Gasteiger partial charge < -0.3 is 4.57 Å². The van der Waals surface area contributed by atoms with Crippen LogP contribution in [0.3, 0.4) is 0 Å². The minimum Gasteiger partial charge on any atom is -0.323 e. The van der Waals surface area contributed by atoms with Gasteiger partial charge in [0, 0.05) is 24.1 Å². The lowest BCUT2D eigenvalue weighted by molar-refractivity contribution is 0.104. The molecular weight excluding hydrogens is 394 g/mol. The Morgan fingerprint density at radius 1 is 0.969 bits per heavy atom. The van der Waals surface area contributed by atoms with Crippen LogP contribution in [-0.2, 0) is 13.0 Å². The number of para-hydroxylation sites is 1. The first-order chi connectivity index (χ1) is 15.6. The zero-order valence-corrected chi connectivity index (χ0v) is 18.2. The molecule has 4 heteroatoms. The largest absolute Gasteiger partial charge is 0.323 e. The number of ketones is 1. The second-order valence-electron chi connectivity index (χ2n) is 8.24. The number of aromatic nitrogens is 2. The number of Topliss-reactive ketones (excluding diaryl/α,β-unsaturated/α-hetero) is 1. The van der Waals surface area contributed by atoms with Gasteiger partial charge >= 0.3 is 0 Å². The van der Waals surface area contributed by atoms with Crippen molar-refractivity contribution in [1.82, 2.24) is 9.55 Å². The number of carbonyl (C=O) groups excluding carboxylic acids is 1. The lowest BCUT2D eigenvalue weighted by Crippen LogP contribution is -2.05. The quantitative estimate of drug-likeness (QED) is 0.408. The Labute approximate surface area is 187 Å². The van der Waals surface area contributed by atoms with Crippen molar-refractivity contribution in [3.8, 4) is 6.07 Å². The minimum absolute atomic E-state index is 0.188. The van der Waals surface area contributed by atoms with Crippen molar-refractivity contribution >= 4 is 22.4 Å². The zero-order valence-electron chi connectivity index (χ0n) is 18.2. The fraction of sp³-hybridized carbons (Fsp3) is 0.179. The van der Waals surface area contributed by atoms with E-state index in [2.05, 4.69) is 54.8 Å². The summed E-state index contributed by atoms with van der Waals surface area (Å²) in [5, 5.41) is 9.63. The Morgan fingerprint density at radius 3 is 2.44 bits per heavy atom. The van der Waals surface area contributed by atoms with Gasteiger partial charge in [0.05, 0.1) is 11.0 Å². The average Bonchev–Trinajstić information content (AvgIpc) is 3.31. The molecule has 0 radical (unpaired) electrons. The molecule has 32 heavy (non-hydrogen) atoms. The fourth-order valence-electron chi connectivity index (χ4n) is 4.57. The summed E-state index contributed by atoms with van der Waals surface area (Å²) in [5.74, 6) is 0.914. The van der Waals surface area contributed by atoms with Gasteiger partial charge in [-0.2, -0.15) is 5.26 Å². The number of imidazole rings is 1. The normalized spacial score (nSPS) is 13.0. The number of carbonyl (C=O) groups is 1. The number of hydrogen-bond donors (Lipinski definition) is 0. The first-order valence-corrected chi connectivity index (χ1v) is 10.9. The Morgan fingerprint density at radius 2 is 1.72 bits per heavy atom. The summed E-state index contributed by atoms with van der Waals surface area (Å²) in [5.41, 5.74) is 7.85. The molecule has 5 rings (SSSR count). The molecule has 1 aliphatic carbocycles. The maximum Gasteiger partial charge on any atom is 0.204 e. The average molecular weight is 418 g/mol. The molecule has 0 atom stereocenters. The van der Waals surface area contributed by atoms with E-state index in [0.717, 1.165) is 58.5 Å². The van der Waals surface area contributed by atoms with Crippen molar-refractivity contribution in [2.75, 3.05) is 0 Å². The summed E-state index contributed by atoms with van der Waals surface area (Å²) in [6, 6.07) is 24.1. The molecule has 4 aromatic rings. The summed E-state index contributed by atoms with van der Waals surface area (Å²) in [6.07, 6.45) is 1.98. The Balaban J connectivity index is 1.53. The number of nitriles is 1. The molecule has 0 saturated heterocycles. The molecule has 0 spiro atoms. The van der Waals surface area contributed by atoms with E-state index in [-0.39, 0.29) is 11.4 Å². The van der Waals surface area contributed by atoms with E-state index < -0.39 is 0 Å². The molecule has 0 amide bonds. The number of rotatable bonds is 5. The molecule has 4 nitrogen and oxygen atoms in total. The molecule has 1 aromatic heterocycles. The second kappa shape index (κ2) is 7.94. The fourth-order valence-corrected chi connectivity index (χ4v) is 4.57.